The van der Waals surface area contributed by atoms with Crippen LogP contribution in [-0.2, 0) is 0 Å². The Balaban J connectivity index is 2.21. The van der Waals surface area contributed by atoms with Crippen LogP contribution in [0.15, 0.2) is 48.5 Å². The Bertz CT molecular complexity index is 1110. The van der Waals surface area contributed by atoms with Crippen molar-refractivity contribution in [2.24, 2.45) is 0 Å². The zero-order chi connectivity index (χ0) is 20.3. The first-order valence-electron chi connectivity index (χ1n) is 8.16. The van der Waals surface area contributed by atoms with Gasteiger partial charge in [0.25, 0.3) is 5.69 Å². The molecule has 1 aromatic heterocycles. The van der Waals surface area contributed by atoms with Crippen LogP contribution in [0.2, 0.25) is 0 Å². The van der Waals surface area contributed by atoms with E-state index in [1.807, 2.05) is 6.07 Å². The summed E-state index contributed by atoms with van der Waals surface area (Å²) in [7, 11) is 3.06. The molecule has 0 aliphatic heterocycles. The minimum Gasteiger partial charge on any atom is -0.493 e. The third-order valence-electron chi connectivity index (χ3n) is 4.21. The predicted octanol–water partition coefficient (Wildman–Crippen LogP) is 3.79. The Hall–Kier alpha value is -4.12. The summed E-state index contributed by atoms with van der Waals surface area (Å²) in [6, 6.07) is 15.0. The first-order chi connectivity index (χ1) is 13.5. The molecule has 0 bridgehead atoms. The number of hydrogen-bond donors (Lipinski definition) is 1. The molecule has 2 aromatic carbocycles. The fraction of sp³-hybridized carbons (Fsp3) is 0.100. The number of non-ortho nitro benzene ring substituents is 1. The summed E-state index contributed by atoms with van der Waals surface area (Å²) in [5.41, 5.74) is 8.24. The van der Waals surface area contributed by atoms with Gasteiger partial charge in [-0.3, -0.25) is 10.1 Å². The normalized spacial score (nSPS) is 10.2. The molecule has 8 nitrogen and oxygen atoms in total. The van der Waals surface area contributed by atoms with E-state index in [-0.39, 0.29) is 17.1 Å². The maximum Gasteiger partial charge on any atom is 0.270 e. The zero-order valence-electron chi connectivity index (χ0n) is 15.2. The van der Waals surface area contributed by atoms with Crippen molar-refractivity contribution < 1.29 is 14.4 Å². The van der Waals surface area contributed by atoms with Gasteiger partial charge < -0.3 is 15.2 Å². The van der Waals surface area contributed by atoms with E-state index in [0.717, 1.165) is 0 Å². The molecule has 0 amide bonds. The van der Waals surface area contributed by atoms with Crippen molar-refractivity contribution in [2.45, 2.75) is 0 Å². The third kappa shape index (κ3) is 3.41. The molecule has 0 aliphatic rings. The second-order valence-electron chi connectivity index (χ2n) is 5.80. The van der Waals surface area contributed by atoms with Crippen LogP contribution in [0.1, 0.15) is 5.56 Å². The van der Waals surface area contributed by atoms with E-state index in [4.69, 9.17) is 15.2 Å². The van der Waals surface area contributed by atoms with E-state index < -0.39 is 4.92 Å². The summed E-state index contributed by atoms with van der Waals surface area (Å²) in [6.45, 7) is 0. The van der Waals surface area contributed by atoms with Crippen LogP contribution >= 0.6 is 0 Å². The molecule has 28 heavy (non-hydrogen) atoms. The molecule has 8 heteroatoms. The third-order valence-corrected chi connectivity index (χ3v) is 4.21. The topological polar surface area (TPSA) is 124 Å². The number of benzene rings is 2. The fourth-order valence-electron chi connectivity index (χ4n) is 2.84. The van der Waals surface area contributed by atoms with Gasteiger partial charge in [0.15, 0.2) is 11.5 Å². The first-order valence-corrected chi connectivity index (χ1v) is 8.16. The number of pyridine rings is 1. The lowest BCUT2D eigenvalue weighted by atomic mass is 9.98. The summed E-state index contributed by atoms with van der Waals surface area (Å²) < 4.78 is 10.6. The Morgan fingerprint density at radius 3 is 2.46 bits per heavy atom. The minimum atomic E-state index is -0.491. The second kappa shape index (κ2) is 7.63. The summed E-state index contributed by atoms with van der Waals surface area (Å²) in [5, 5.41) is 20.6. The number of ether oxygens (including phenoxy) is 2. The Labute approximate surface area is 160 Å². The molecular weight excluding hydrogens is 360 g/mol. The second-order valence-corrected chi connectivity index (χ2v) is 5.80. The van der Waals surface area contributed by atoms with Gasteiger partial charge in [0, 0.05) is 23.3 Å². The van der Waals surface area contributed by atoms with Crippen LogP contribution in [0, 0.1) is 21.4 Å². The van der Waals surface area contributed by atoms with Crippen LogP contribution in [0.4, 0.5) is 11.5 Å². The van der Waals surface area contributed by atoms with Crippen molar-refractivity contribution in [2.75, 3.05) is 20.0 Å². The highest BCUT2D eigenvalue weighted by molar-refractivity contribution is 5.81. The lowest BCUT2D eigenvalue weighted by Gasteiger charge is -2.12. The molecule has 1 heterocycles. The minimum absolute atomic E-state index is 0.0382. The van der Waals surface area contributed by atoms with Gasteiger partial charge in [-0.25, -0.2) is 4.98 Å². The van der Waals surface area contributed by atoms with Crippen LogP contribution < -0.4 is 15.2 Å². The van der Waals surface area contributed by atoms with Gasteiger partial charge in [-0.2, -0.15) is 5.26 Å². The largest absolute Gasteiger partial charge is 0.493 e. The highest BCUT2D eigenvalue weighted by Gasteiger charge is 2.16. The molecule has 0 aliphatic carbocycles. The molecule has 0 atom stereocenters. The molecule has 0 spiro atoms. The summed E-state index contributed by atoms with van der Waals surface area (Å²) >= 11 is 0. The lowest BCUT2D eigenvalue weighted by Crippen LogP contribution is -2.00. The van der Waals surface area contributed by atoms with E-state index >= 15 is 0 Å². The summed E-state index contributed by atoms with van der Waals surface area (Å²) in [5.74, 6) is 1.12. The van der Waals surface area contributed by atoms with Gasteiger partial charge >= 0.3 is 0 Å². The van der Waals surface area contributed by atoms with E-state index in [0.29, 0.717) is 33.9 Å². The first kappa shape index (κ1) is 18.7. The van der Waals surface area contributed by atoms with Crippen LogP contribution in [0.25, 0.3) is 22.4 Å². The van der Waals surface area contributed by atoms with Crippen molar-refractivity contribution in [3.05, 3.63) is 64.2 Å². The van der Waals surface area contributed by atoms with Gasteiger partial charge in [-0.1, -0.05) is 12.1 Å². The van der Waals surface area contributed by atoms with E-state index in [1.165, 1.54) is 26.4 Å². The van der Waals surface area contributed by atoms with Gasteiger partial charge in [0.05, 0.1) is 24.8 Å². The van der Waals surface area contributed by atoms with Gasteiger partial charge in [-0.05, 0) is 29.8 Å². The van der Waals surface area contributed by atoms with Gasteiger partial charge in [0.1, 0.15) is 17.5 Å². The molecule has 0 unspecified atom stereocenters. The molecule has 140 valence electrons. The number of nitrogens with zero attached hydrogens (tertiary/aromatic N) is 3. The number of nitriles is 1. The van der Waals surface area contributed by atoms with Crippen LogP contribution in [-0.4, -0.2) is 24.1 Å². The molecule has 3 aromatic rings. The molecule has 0 saturated carbocycles. The predicted molar refractivity (Wildman–Crippen MR) is 104 cm³/mol. The zero-order valence-corrected chi connectivity index (χ0v) is 15.2. The maximum absolute atomic E-state index is 11.1. The number of anilines is 1. The number of aromatic nitrogens is 1. The van der Waals surface area contributed by atoms with Crippen molar-refractivity contribution in [3.63, 3.8) is 0 Å². The average molecular weight is 376 g/mol. The molecule has 3 rings (SSSR count). The summed E-state index contributed by atoms with van der Waals surface area (Å²) in [4.78, 5) is 14.9. The number of nitrogen functional groups attached to an aromatic ring is 1. The van der Waals surface area contributed by atoms with Crippen LogP contribution in [0.3, 0.4) is 0 Å². The highest BCUT2D eigenvalue weighted by atomic mass is 16.6. The molecule has 0 saturated heterocycles. The van der Waals surface area contributed by atoms with E-state index in [1.54, 1.807) is 36.4 Å². The molecule has 2 N–H and O–H groups in total. The highest BCUT2D eigenvalue weighted by Crippen LogP contribution is 2.36. The van der Waals surface area contributed by atoms with E-state index in [2.05, 4.69) is 4.98 Å². The van der Waals surface area contributed by atoms with Gasteiger partial charge in [0.2, 0.25) is 0 Å². The van der Waals surface area contributed by atoms with Crippen molar-refractivity contribution in [1.29, 1.82) is 5.26 Å². The quantitative estimate of drug-likeness (QED) is 0.530. The number of rotatable bonds is 5. The maximum atomic E-state index is 11.1. The van der Waals surface area contributed by atoms with Crippen molar-refractivity contribution >= 4 is 11.5 Å². The average Bonchev–Trinajstić information content (AvgIpc) is 2.72. The monoisotopic (exact) mass is 376 g/mol. The smallest absolute Gasteiger partial charge is 0.270 e. The standard InChI is InChI=1S/C20H16N4O4/c1-27-18-7-6-13(9-19(18)28-2)17-10-15(16(11-21)20(22)23-17)12-4-3-5-14(8-12)24(25)26/h3-10H,1-2H3,(H2,22,23). The summed E-state index contributed by atoms with van der Waals surface area (Å²) in [6.07, 6.45) is 0. The Morgan fingerprint density at radius 2 is 1.82 bits per heavy atom. The lowest BCUT2D eigenvalue weighted by molar-refractivity contribution is -0.384. The van der Waals surface area contributed by atoms with E-state index in [9.17, 15) is 15.4 Å². The van der Waals surface area contributed by atoms with Crippen molar-refractivity contribution in [3.8, 4) is 40.0 Å². The number of nitro groups is 1. The number of nitrogens with two attached hydrogens (primary N) is 1. The van der Waals surface area contributed by atoms with Crippen molar-refractivity contribution in [1.82, 2.24) is 4.98 Å². The number of methoxy groups -OCH3 is 2. The number of nitro benzene ring substituents is 1. The van der Waals surface area contributed by atoms with Crippen LogP contribution in [0.5, 0.6) is 11.5 Å². The SMILES string of the molecule is COc1ccc(-c2cc(-c3cccc([N+](=O)[O-])c3)c(C#N)c(N)n2)cc1OC. The number of hydrogen-bond acceptors (Lipinski definition) is 7. The Morgan fingerprint density at radius 1 is 1.07 bits per heavy atom. The fourth-order valence-corrected chi connectivity index (χ4v) is 2.84. The molecular formula is C20H16N4O4. The van der Waals surface area contributed by atoms with Gasteiger partial charge in [-0.15, -0.1) is 0 Å². The Kier molecular flexibility index (Phi) is 5.09. The molecule has 0 radical (unpaired) electrons. The molecule has 0 fully saturated rings.